The van der Waals surface area contributed by atoms with Crippen LogP contribution in [-0.2, 0) is 9.59 Å². The van der Waals surface area contributed by atoms with E-state index in [-0.39, 0.29) is 35.4 Å². The number of nitrogens with two attached hydrogens (primary N) is 1. The van der Waals surface area contributed by atoms with Gasteiger partial charge in [0, 0.05) is 46.9 Å². The molecule has 2 saturated heterocycles. The van der Waals surface area contributed by atoms with Crippen LogP contribution in [0.15, 0.2) is 85.2 Å². The van der Waals surface area contributed by atoms with Gasteiger partial charge in [0.1, 0.15) is 12.4 Å². The molecule has 47 heavy (non-hydrogen) atoms. The minimum Gasteiger partial charge on any atom is -0.478 e. The first kappa shape index (κ1) is 32.0. The number of benzene rings is 3. The quantitative estimate of drug-likeness (QED) is 0.240. The largest absolute Gasteiger partial charge is 0.478 e. The zero-order chi connectivity index (χ0) is 32.9. The fraction of sp³-hybridized carbons (Fsp3) is 0.294. The van der Waals surface area contributed by atoms with Gasteiger partial charge in [-0.1, -0.05) is 41.9 Å². The fourth-order valence-electron chi connectivity index (χ4n) is 6.48. The number of hydrogen-bond acceptors (Lipinski definition) is 8. The van der Waals surface area contributed by atoms with Crippen LogP contribution in [0.4, 0.5) is 5.69 Å². The molecule has 3 aromatic carbocycles. The number of likely N-dealkylation sites (tertiary alicyclic amines) is 2. The lowest BCUT2D eigenvalue weighted by molar-refractivity contribution is -0.139. The number of anilines is 1. The minimum absolute atomic E-state index is 0.00640. The number of halogens is 1. The van der Waals surface area contributed by atoms with Crippen LogP contribution in [0.5, 0.6) is 0 Å². The van der Waals surface area contributed by atoms with E-state index in [1.807, 2.05) is 30.3 Å². The molecule has 0 aliphatic carbocycles. The predicted octanol–water partition coefficient (Wildman–Crippen LogP) is 3.84. The standard InChI is InChI=1S/C34H35ClN8O4/c35-25-9-12-30(43-21-37-39-40-43)24(18-25)8-13-31(44)42-20-28(41-16-14-26(36)15-17-41)19-29(22-4-2-1-3-5-22)32(42)33(45)38-27-10-6-23(7-11-27)34(46)47/h1-13,18,21,26,28-29,32H,14-17,19-20,36H2,(H,38,45)(H,46,47)/b13-8+/t28?,29-,32-/m0/s1. The zero-order valence-electron chi connectivity index (χ0n) is 25.5. The average molecular weight is 655 g/mol. The molecule has 2 amide bonds. The van der Waals surface area contributed by atoms with Crippen molar-refractivity contribution in [3.63, 3.8) is 0 Å². The molecule has 0 spiro atoms. The molecule has 0 radical (unpaired) electrons. The third kappa shape index (κ3) is 7.40. The Bertz CT molecular complexity index is 1740. The van der Waals surface area contributed by atoms with Crippen LogP contribution in [0.3, 0.4) is 0 Å². The summed E-state index contributed by atoms with van der Waals surface area (Å²) in [5, 5.41) is 24.2. The van der Waals surface area contributed by atoms with E-state index >= 15 is 0 Å². The number of hydrogen-bond donors (Lipinski definition) is 3. The number of carboxylic acids is 1. The Morgan fingerprint density at radius 3 is 2.43 bits per heavy atom. The molecule has 4 N–H and O–H groups in total. The second kappa shape index (κ2) is 14.2. The summed E-state index contributed by atoms with van der Waals surface area (Å²) >= 11 is 6.32. The first-order valence-corrected chi connectivity index (χ1v) is 15.8. The van der Waals surface area contributed by atoms with E-state index in [2.05, 4.69) is 25.7 Å². The van der Waals surface area contributed by atoms with Crippen LogP contribution in [0, 0.1) is 0 Å². The maximum Gasteiger partial charge on any atom is 0.335 e. The highest BCUT2D eigenvalue weighted by atomic mass is 35.5. The van der Waals surface area contributed by atoms with Gasteiger partial charge >= 0.3 is 5.97 Å². The Kier molecular flexibility index (Phi) is 9.71. The molecular formula is C34H35ClN8O4. The molecule has 2 aliphatic rings. The second-order valence-corrected chi connectivity index (χ2v) is 12.3. The van der Waals surface area contributed by atoms with E-state index in [0.717, 1.165) is 31.5 Å². The molecule has 1 unspecified atom stereocenters. The molecule has 13 heteroatoms. The van der Waals surface area contributed by atoms with Gasteiger partial charge in [0.05, 0.1) is 11.3 Å². The Hall–Kier alpha value is -4.91. The SMILES string of the molecule is NC1CCN(C2C[C@@H](c3ccccc3)[C@@H](C(=O)Nc3ccc(C(=O)O)cc3)N(C(=O)/C=C/c3cc(Cl)ccc3-n3cnnn3)C2)CC1. The molecule has 3 heterocycles. The summed E-state index contributed by atoms with van der Waals surface area (Å²) in [5.41, 5.74) is 8.97. The second-order valence-electron chi connectivity index (χ2n) is 11.9. The Labute approximate surface area is 276 Å². The molecule has 4 aromatic rings. The van der Waals surface area contributed by atoms with Crippen LogP contribution in [0.25, 0.3) is 11.8 Å². The number of amides is 2. The van der Waals surface area contributed by atoms with Crippen molar-refractivity contribution in [2.45, 2.75) is 43.3 Å². The lowest BCUT2D eigenvalue weighted by Crippen LogP contribution is -2.61. The summed E-state index contributed by atoms with van der Waals surface area (Å²) in [5.74, 6) is -2.08. The van der Waals surface area contributed by atoms with E-state index in [4.69, 9.17) is 17.3 Å². The first-order chi connectivity index (χ1) is 22.8. The highest BCUT2D eigenvalue weighted by Gasteiger charge is 2.44. The predicted molar refractivity (Wildman–Crippen MR) is 177 cm³/mol. The van der Waals surface area contributed by atoms with Gasteiger partial charge in [-0.3, -0.25) is 14.5 Å². The van der Waals surface area contributed by atoms with E-state index in [0.29, 0.717) is 34.9 Å². The third-order valence-corrected chi connectivity index (χ3v) is 9.15. The topological polar surface area (TPSA) is 160 Å². The van der Waals surface area contributed by atoms with Gasteiger partial charge in [-0.05, 0) is 96.9 Å². The van der Waals surface area contributed by atoms with Crippen LogP contribution in [0.2, 0.25) is 5.02 Å². The van der Waals surface area contributed by atoms with Crippen molar-refractivity contribution < 1.29 is 19.5 Å². The highest BCUT2D eigenvalue weighted by molar-refractivity contribution is 6.30. The van der Waals surface area contributed by atoms with Gasteiger partial charge in [0.25, 0.3) is 0 Å². The monoisotopic (exact) mass is 654 g/mol. The molecule has 2 aliphatic heterocycles. The Balaban J connectivity index is 1.36. The minimum atomic E-state index is -1.06. The maximum atomic E-state index is 14.3. The van der Waals surface area contributed by atoms with Crippen LogP contribution < -0.4 is 11.1 Å². The summed E-state index contributed by atoms with van der Waals surface area (Å²) in [6.07, 6.45) is 6.97. The molecular weight excluding hydrogens is 620 g/mol. The number of aromatic nitrogens is 4. The van der Waals surface area contributed by atoms with Gasteiger partial charge in [-0.15, -0.1) is 5.10 Å². The van der Waals surface area contributed by atoms with E-state index in [1.165, 1.54) is 29.2 Å². The van der Waals surface area contributed by atoms with Gasteiger partial charge in [0.15, 0.2) is 0 Å². The van der Waals surface area contributed by atoms with Crippen molar-refractivity contribution >= 4 is 41.1 Å². The number of nitrogens with zero attached hydrogens (tertiary/aromatic N) is 6. The normalized spacial score (nSPS) is 20.7. The van der Waals surface area contributed by atoms with Crippen molar-refractivity contribution in [1.29, 1.82) is 0 Å². The van der Waals surface area contributed by atoms with Crippen LogP contribution >= 0.6 is 11.6 Å². The van der Waals surface area contributed by atoms with E-state index < -0.39 is 12.0 Å². The average Bonchev–Trinajstić information content (AvgIpc) is 3.62. The van der Waals surface area contributed by atoms with E-state index in [1.54, 1.807) is 41.3 Å². The Morgan fingerprint density at radius 1 is 1.00 bits per heavy atom. The summed E-state index contributed by atoms with van der Waals surface area (Å²) < 4.78 is 1.48. The van der Waals surface area contributed by atoms with Crippen molar-refractivity contribution in [2.75, 3.05) is 25.0 Å². The van der Waals surface area contributed by atoms with Crippen molar-refractivity contribution in [3.8, 4) is 5.69 Å². The molecule has 6 rings (SSSR count). The molecule has 0 bridgehead atoms. The molecule has 0 saturated carbocycles. The van der Waals surface area contributed by atoms with E-state index in [9.17, 15) is 19.5 Å². The van der Waals surface area contributed by atoms with Gasteiger partial charge < -0.3 is 21.1 Å². The number of nitrogens with one attached hydrogen (secondary N) is 1. The first-order valence-electron chi connectivity index (χ1n) is 15.5. The van der Waals surface area contributed by atoms with Gasteiger partial charge in [-0.25, -0.2) is 4.79 Å². The molecule has 242 valence electrons. The van der Waals surface area contributed by atoms with Crippen molar-refractivity contribution in [3.05, 3.63) is 107 Å². The number of carboxylic acid groups (broad SMARTS) is 1. The van der Waals surface area contributed by atoms with Crippen LogP contribution in [-0.4, -0.2) is 90.7 Å². The number of carbonyl (C=O) groups excluding carboxylic acids is 2. The highest BCUT2D eigenvalue weighted by Crippen LogP contribution is 2.37. The zero-order valence-corrected chi connectivity index (χ0v) is 26.3. The number of carbonyl (C=O) groups is 3. The fourth-order valence-corrected chi connectivity index (χ4v) is 6.66. The number of aromatic carboxylic acids is 1. The third-order valence-electron chi connectivity index (χ3n) is 8.91. The lowest BCUT2D eigenvalue weighted by Gasteiger charge is -2.48. The van der Waals surface area contributed by atoms with Gasteiger partial charge in [0.2, 0.25) is 11.8 Å². The summed E-state index contributed by atoms with van der Waals surface area (Å²) in [6, 6.07) is 20.2. The molecule has 12 nitrogen and oxygen atoms in total. The lowest BCUT2D eigenvalue weighted by atomic mass is 9.80. The molecule has 2 fully saturated rings. The molecule has 1 aromatic heterocycles. The summed E-state index contributed by atoms with van der Waals surface area (Å²) in [4.78, 5) is 43.9. The van der Waals surface area contributed by atoms with Gasteiger partial charge in [-0.2, -0.15) is 4.68 Å². The maximum absolute atomic E-state index is 14.3. The smallest absolute Gasteiger partial charge is 0.335 e. The van der Waals surface area contributed by atoms with Crippen molar-refractivity contribution in [1.82, 2.24) is 30.0 Å². The summed E-state index contributed by atoms with van der Waals surface area (Å²) in [7, 11) is 0. The summed E-state index contributed by atoms with van der Waals surface area (Å²) in [6.45, 7) is 1.97. The number of tetrazole rings is 1. The number of rotatable bonds is 8. The van der Waals surface area contributed by atoms with Crippen molar-refractivity contribution in [2.24, 2.45) is 5.73 Å². The molecule has 3 atom stereocenters. The number of piperidine rings is 2. The van der Waals surface area contributed by atoms with Crippen LogP contribution in [0.1, 0.15) is 46.7 Å². The Morgan fingerprint density at radius 2 is 1.74 bits per heavy atom.